The van der Waals surface area contributed by atoms with E-state index in [-0.39, 0.29) is 6.61 Å². The average Bonchev–Trinajstić information content (AvgIpc) is 2.28. The zero-order valence-electron chi connectivity index (χ0n) is 9.40. The molecule has 1 unspecified atom stereocenters. The molecule has 0 radical (unpaired) electrons. The van der Waals surface area contributed by atoms with Gasteiger partial charge in [-0.1, -0.05) is 0 Å². The molecule has 0 aliphatic rings. The average molecular weight is 234 g/mol. The first-order valence-corrected chi connectivity index (χ1v) is 4.86. The summed E-state index contributed by atoms with van der Waals surface area (Å²) in [5, 5.41) is 20.1. The van der Waals surface area contributed by atoms with E-state index in [0.29, 0.717) is 0 Å². The summed E-state index contributed by atoms with van der Waals surface area (Å²) in [5.74, 6) is -1.65. The topological polar surface area (TPSA) is 122 Å². The third kappa shape index (κ3) is 4.13. The standard InChI is InChI=1S/C9H18N2O5/c1-3-16-8(15)6(10)7(14)11-9(2,4-12)5-13/h6,12-13H,3-5,10H2,1-2H3,(H,11,14). The summed E-state index contributed by atoms with van der Waals surface area (Å²) >= 11 is 0. The molecule has 7 nitrogen and oxygen atoms in total. The molecule has 0 fully saturated rings. The Bertz CT molecular complexity index is 252. The number of nitrogens with one attached hydrogen (secondary N) is 1. The molecule has 0 aromatic rings. The summed E-state index contributed by atoms with van der Waals surface area (Å²) in [6, 6.07) is -1.46. The van der Waals surface area contributed by atoms with Crippen LogP contribution in [0.3, 0.4) is 0 Å². The molecular formula is C9H18N2O5. The number of aliphatic hydroxyl groups is 2. The van der Waals surface area contributed by atoms with Crippen molar-refractivity contribution >= 4 is 11.9 Å². The molecule has 0 aliphatic heterocycles. The maximum atomic E-state index is 11.4. The van der Waals surface area contributed by atoms with Crippen LogP contribution in [0.2, 0.25) is 0 Å². The van der Waals surface area contributed by atoms with Crippen molar-refractivity contribution in [2.75, 3.05) is 19.8 Å². The number of nitrogens with two attached hydrogens (primary N) is 1. The molecule has 16 heavy (non-hydrogen) atoms. The zero-order chi connectivity index (χ0) is 12.8. The lowest BCUT2D eigenvalue weighted by molar-refractivity contribution is -0.148. The fourth-order valence-electron chi connectivity index (χ4n) is 0.843. The van der Waals surface area contributed by atoms with Gasteiger partial charge in [-0.25, -0.2) is 4.79 Å². The predicted octanol–water partition coefficient (Wildman–Crippen LogP) is -2.26. The minimum atomic E-state index is -1.46. The van der Waals surface area contributed by atoms with E-state index in [4.69, 9.17) is 15.9 Å². The van der Waals surface area contributed by atoms with Gasteiger partial charge < -0.3 is 26.0 Å². The van der Waals surface area contributed by atoms with Crippen molar-refractivity contribution in [1.82, 2.24) is 5.32 Å². The Labute approximate surface area is 93.6 Å². The van der Waals surface area contributed by atoms with Crippen molar-refractivity contribution in [1.29, 1.82) is 0 Å². The molecule has 0 aliphatic carbocycles. The fourth-order valence-corrected chi connectivity index (χ4v) is 0.843. The van der Waals surface area contributed by atoms with Crippen LogP contribution in [-0.2, 0) is 14.3 Å². The van der Waals surface area contributed by atoms with Crippen LogP contribution in [0.1, 0.15) is 13.8 Å². The SMILES string of the molecule is CCOC(=O)C(N)C(=O)NC(C)(CO)CO. The van der Waals surface area contributed by atoms with Crippen molar-refractivity contribution in [3.05, 3.63) is 0 Å². The minimum Gasteiger partial charge on any atom is -0.464 e. The van der Waals surface area contributed by atoms with Crippen LogP contribution in [0.15, 0.2) is 0 Å². The molecule has 0 aromatic heterocycles. The van der Waals surface area contributed by atoms with E-state index >= 15 is 0 Å². The summed E-state index contributed by atoms with van der Waals surface area (Å²) in [7, 11) is 0. The maximum Gasteiger partial charge on any atom is 0.332 e. The summed E-state index contributed by atoms with van der Waals surface area (Å²) in [6.45, 7) is 2.20. The molecule has 0 heterocycles. The first-order chi connectivity index (χ1) is 7.40. The number of aliphatic hydroxyl groups excluding tert-OH is 2. The Morgan fingerprint density at radius 2 is 1.94 bits per heavy atom. The van der Waals surface area contributed by atoms with Crippen LogP contribution < -0.4 is 11.1 Å². The Kier molecular flexibility index (Phi) is 5.94. The van der Waals surface area contributed by atoms with E-state index in [1.165, 1.54) is 6.92 Å². The number of ether oxygens (including phenoxy) is 1. The molecule has 0 saturated heterocycles. The maximum absolute atomic E-state index is 11.4. The molecule has 1 amide bonds. The van der Waals surface area contributed by atoms with Gasteiger partial charge in [0.15, 0.2) is 6.04 Å². The molecule has 1 atom stereocenters. The smallest absolute Gasteiger partial charge is 0.332 e. The van der Waals surface area contributed by atoms with Crippen molar-refractivity contribution in [3.63, 3.8) is 0 Å². The summed E-state index contributed by atoms with van der Waals surface area (Å²) in [4.78, 5) is 22.5. The molecule has 0 aromatic carbocycles. The summed E-state index contributed by atoms with van der Waals surface area (Å²) < 4.78 is 4.56. The van der Waals surface area contributed by atoms with Crippen LogP contribution in [0, 0.1) is 0 Å². The first kappa shape index (κ1) is 14.8. The van der Waals surface area contributed by atoms with Crippen LogP contribution in [0.5, 0.6) is 0 Å². The first-order valence-electron chi connectivity index (χ1n) is 4.86. The third-order valence-electron chi connectivity index (χ3n) is 1.95. The molecule has 7 heteroatoms. The molecule has 0 saturated carbocycles. The van der Waals surface area contributed by atoms with E-state index in [2.05, 4.69) is 10.1 Å². The fraction of sp³-hybridized carbons (Fsp3) is 0.778. The Morgan fingerprint density at radius 1 is 1.44 bits per heavy atom. The number of esters is 1. The highest BCUT2D eigenvalue weighted by molar-refractivity contribution is 6.01. The Morgan fingerprint density at radius 3 is 2.31 bits per heavy atom. The zero-order valence-corrected chi connectivity index (χ0v) is 9.40. The van der Waals surface area contributed by atoms with Crippen molar-refractivity contribution in [3.8, 4) is 0 Å². The van der Waals surface area contributed by atoms with Crippen molar-refractivity contribution in [2.24, 2.45) is 5.73 Å². The van der Waals surface area contributed by atoms with Gasteiger partial charge in [0.2, 0.25) is 5.91 Å². The van der Waals surface area contributed by atoms with E-state index in [9.17, 15) is 9.59 Å². The molecule has 5 N–H and O–H groups in total. The number of amides is 1. The van der Waals surface area contributed by atoms with Crippen LogP contribution in [-0.4, -0.2) is 53.5 Å². The number of hydrogen-bond donors (Lipinski definition) is 4. The van der Waals surface area contributed by atoms with E-state index < -0.39 is 36.7 Å². The molecular weight excluding hydrogens is 216 g/mol. The largest absolute Gasteiger partial charge is 0.464 e. The van der Waals surface area contributed by atoms with Crippen molar-refractivity contribution in [2.45, 2.75) is 25.4 Å². The van der Waals surface area contributed by atoms with Gasteiger partial charge in [-0.15, -0.1) is 0 Å². The third-order valence-corrected chi connectivity index (χ3v) is 1.95. The van der Waals surface area contributed by atoms with Gasteiger partial charge in [0.25, 0.3) is 0 Å². The number of carbonyl (C=O) groups is 2. The van der Waals surface area contributed by atoms with E-state index in [0.717, 1.165) is 0 Å². The number of carbonyl (C=O) groups excluding carboxylic acids is 2. The highest BCUT2D eigenvalue weighted by atomic mass is 16.5. The quantitative estimate of drug-likeness (QED) is 0.304. The van der Waals surface area contributed by atoms with Gasteiger partial charge in [-0.3, -0.25) is 4.79 Å². The van der Waals surface area contributed by atoms with Gasteiger partial charge in [-0.2, -0.15) is 0 Å². The highest BCUT2D eigenvalue weighted by Gasteiger charge is 2.30. The van der Waals surface area contributed by atoms with Crippen molar-refractivity contribution < 1.29 is 24.5 Å². The summed E-state index contributed by atoms with van der Waals surface area (Å²) in [5.41, 5.74) is 4.11. The molecule has 0 bridgehead atoms. The molecule has 0 spiro atoms. The predicted molar refractivity (Wildman–Crippen MR) is 55.3 cm³/mol. The monoisotopic (exact) mass is 234 g/mol. The Balaban J connectivity index is 4.40. The second-order valence-electron chi connectivity index (χ2n) is 3.60. The molecule has 0 rings (SSSR count). The normalized spacial score (nSPS) is 13.1. The minimum absolute atomic E-state index is 0.122. The number of rotatable bonds is 6. The lowest BCUT2D eigenvalue weighted by Gasteiger charge is -2.27. The number of hydrogen-bond acceptors (Lipinski definition) is 6. The van der Waals surface area contributed by atoms with Gasteiger partial charge in [0.05, 0.1) is 25.4 Å². The van der Waals surface area contributed by atoms with Gasteiger partial charge in [0, 0.05) is 0 Å². The van der Waals surface area contributed by atoms with Crippen LogP contribution in [0.4, 0.5) is 0 Å². The lowest BCUT2D eigenvalue weighted by Crippen LogP contribution is -2.58. The van der Waals surface area contributed by atoms with Gasteiger partial charge in [-0.05, 0) is 13.8 Å². The van der Waals surface area contributed by atoms with E-state index in [1.807, 2.05) is 0 Å². The van der Waals surface area contributed by atoms with Crippen LogP contribution in [0.25, 0.3) is 0 Å². The van der Waals surface area contributed by atoms with Crippen LogP contribution >= 0.6 is 0 Å². The lowest BCUT2D eigenvalue weighted by atomic mass is 10.0. The molecule has 94 valence electrons. The Hall–Kier alpha value is -1.18. The summed E-state index contributed by atoms with van der Waals surface area (Å²) in [6.07, 6.45) is 0. The van der Waals surface area contributed by atoms with E-state index in [1.54, 1.807) is 6.92 Å². The van der Waals surface area contributed by atoms with Gasteiger partial charge >= 0.3 is 5.97 Å². The van der Waals surface area contributed by atoms with Gasteiger partial charge in [0.1, 0.15) is 0 Å². The second-order valence-corrected chi connectivity index (χ2v) is 3.60. The second kappa shape index (κ2) is 6.41. The highest BCUT2D eigenvalue weighted by Crippen LogP contribution is 2.01.